The standard InChI is InChI=1S/C9H7NO2S/c11-10-7-3-5-8-4-1-2-6-9(8)13(10)12/h1-7H. The lowest BCUT2D eigenvalue weighted by molar-refractivity contribution is -0.263. The van der Waals surface area contributed by atoms with Gasteiger partial charge >= 0.3 is 11.0 Å². The summed E-state index contributed by atoms with van der Waals surface area (Å²) in [6.07, 6.45) is 4.62. The van der Waals surface area contributed by atoms with E-state index in [0.29, 0.717) is 9.04 Å². The number of hydrogen-bond acceptors (Lipinski definition) is 2. The molecule has 1 heterocycles. The Kier molecular flexibility index (Phi) is 1.98. The Balaban J connectivity index is 2.64. The predicted octanol–water partition coefficient (Wildman–Crippen LogP) is 1.32. The largest absolute Gasteiger partial charge is 0.609 e. The molecule has 66 valence electrons. The van der Waals surface area contributed by atoms with Crippen molar-refractivity contribution >= 4 is 23.3 Å². The lowest BCUT2D eigenvalue weighted by Gasteiger charge is -2.01. The number of fused-ring (bicyclic) bond motifs is 1. The minimum Gasteiger partial charge on any atom is -0.609 e. The predicted molar refractivity (Wildman–Crippen MR) is 51.6 cm³/mol. The van der Waals surface area contributed by atoms with Gasteiger partial charge in [0.05, 0.1) is 0 Å². The topological polar surface area (TPSA) is 43.1 Å². The number of allylic oxidation sites excluding steroid dienone is 1. The zero-order valence-corrected chi connectivity index (χ0v) is 7.53. The van der Waals surface area contributed by atoms with Gasteiger partial charge in [0, 0.05) is 6.08 Å². The molecule has 0 saturated heterocycles. The second kappa shape index (κ2) is 3.14. The maximum atomic E-state index is 11.5. The molecule has 0 radical (unpaired) electrons. The second-order valence-electron chi connectivity index (χ2n) is 2.58. The van der Waals surface area contributed by atoms with Crippen molar-refractivity contribution in [2.75, 3.05) is 0 Å². The Morgan fingerprint density at radius 2 is 2.08 bits per heavy atom. The Morgan fingerprint density at radius 3 is 2.92 bits per heavy atom. The molecule has 0 amide bonds. The van der Waals surface area contributed by atoms with E-state index in [4.69, 9.17) is 0 Å². The molecular formula is C9H7NO2S. The smallest absolute Gasteiger partial charge is 0.327 e. The minimum atomic E-state index is -1.62. The van der Waals surface area contributed by atoms with Crippen molar-refractivity contribution in [1.29, 1.82) is 0 Å². The maximum absolute atomic E-state index is 11.5. The average Bonchev–Trinajstić information content (AvgIpc) is 2.29. The van der Waals surface area contributed by atoms with Gasteiger partial charge in [0.15, 0.2) is 6.21 Å². The van der Waals surface area contributed by atoms with Gasteiger partial charge in [-0.3, -0.25) is 0 Å². The number of hydrogen-bond donors (Lipinski definition) is 0. The van der Waals surface area contributed by atoms with Gasteiger partial charge in [0.1, 0.15) is 4.90 Å². The zero-order valence-electron chi connectivity index (χ0n) is 6.71. The fraction of sp³-hybridized carbons (Fsp3) is 0. The Morgan fingerprint density at radius 1 is 1.31 bits per heavy atom. The first kappa shape index (κ1) is 8.19. The molecule has 1 aliphatic heterocycles. The number of nitrogens with zero attached hydrogens (tertiary/aromatic N) is 1. The van der Waals surface area contributed by atoms with Crippen LogP contribution in [0.2, 0.25) is 0 Å². The lowest BCUT2D eigenvalue weighted by atomic mass is 10.2. The lowest BCUT2D eigenvalue weighted by Crippen LogP contribution is -2.07. The summed E-state index contributed by atoms with van der Waals surface area (Å²) in [5, 5.41) is 11.1. The van der Waals surface area contributed by atoms with Crippen LogP contribution < -0.4 is 0 Å². The molecule has 1 aliphatic rings. The molecule has 0 N–H and O–H groups in total. The van der Waals surface area contributed by atoms with Crippen LogP contribution in [0.3, 0.4) is 0 Å². The van der Waals surface area contributed by atoms with E-state index in [0.717, 1.165) is 5.56 Å². The van der Waals surface area contributed by atoms with Crippen molar-refractivity contribution in [2.24, 2.45) is 0 Å². The summed E-state index contributed by atoms with van der Waals surface area (Å²) < 4.78 is 11.9. The molecule has 4 heteroatoms. The summed E-state index contributed by atoms with van der Waals surface area (Å²) in [5.74, 6) is 0. The molecule has 2 rings (SSSR count). The molecule has 0 saturated carbocycles. The highest BCUT2D eigenvalue weighted by atomic mass is 32.2. The maximum Gasteiger partial charge on any atom is 0.327 e. The van der Waals surface area contributed by atoms with Gasteiger partial charge in [-0.2, -0.15) is 4.21 Å². The van der Waals surface area contributed by atoms with Gasteiger partial charge in [0.2, 0.25) is 0 Å². The highest BCUT2D eigenvalue weighted by Gasteiger charge is 2.16. The van der Waals surface area contributed by atoms with E-state index in [1.165, 1.54) is 6.21 Å². The van der Waals surface area contributed by atoms with Crippen molar-refractivity contribution in [3.05, 3.63) is 41.1 Å². The molecule has 0 fully saturated rings. The van der Waals surface area contributed by atoms with E-state index in [1.807, 2.05) is 12.1 Å². The molecule has 0 aromatic heterocycles. The van der Waals surface area contributed by atoms with Crippen LogP contribution in [-0.2, 0) is 11.0 Å². The third-order valence-corrected chi connectivity index (χ3v) is 2.95. The third-order valence-electron chi connectivity index (χ3n) is 1.75. The Bertz CT molecular complexity index is 423. The van der Waals surface area contributed by atoms with Crippen LogP contribution >= 0.6 is 0 Å². The molecule has 13 heavy (non-hydrogen) atoms. The van der Waals surface area contributed by atoms with E-state index in [-0.39, 0.29) is 0 Å². The van der Waals surface area contributed by atoms with Crippen molar-refractivity contribution in [2.45, 2.75) is 4.90 Å². The molecule has 3 nitrogen and oxygen atoms in total. The van der Waals surface area contributed by atoms with Gasteiger partial charge in [-0.05, 0) is 17.7 Å². The Hall–Kier alpha value is -1.42. The summed E-state index contributed by atoms with van der Waals surface area (Å²) in [4.78, 5) is 0.558. The first-order valence-corrected chi connectivity index (χ1v) is 4.88. The van der Waals surface area contributed by atoms with Crippen LogP contribution in [0.1, 0.15) is 5.56 Å². The summed E-state index contributed by atoms with van der Waals surface area (Å²) >= 11 is 0. The molecule has 0 aliphatic carbocycles. The molecule has 0 spiro atoms. The summed E-state index contributed by atoms with van der Waals surface area (Å²) in [6, 6.07) is 7.14. The number of benzene rings is 1. The van der Waals surface area contributed by atoms with E-state index < -0.39 is 11.0 Å². The van der Waals surface area contributed by atoms with E-state index in [2.05, 4.69) is 0 Å². The highest BCUT2D eigenvalue weighted by molar-refractivity contribution is 7.79. The first-order chi connectivity index (χ1) is 6.29. The van der Waals surface area contributed by atoms with Crippen LogP contribution in [0, 0.1) is 5.21 Å². The minimum absolute atomic E-state index is 0.447. The third kappa shape index (κ3) is 1.40. The molecule has 0 bridgehead atoms. The molecule has 1 aromatic carbocycles. The van der Waals surface area contributed by atoms with Crippen LogP contribution in [0.5, 0.6) is 0 Å². The molecule has 1 aromatic rings. The van der Waals surface area contributed by atoms with Gasteiger partial charge in [-0.1, -0.05) is 18.2 Å². The first-order valence-electron chi connectivity index (χ1n) is 3.78. The highest BCUT2D eigenvalue weighted by Crippen LogP contribution is 2.17. The SMILES string of the molecule is O=S1c2ccccc2C=CC=[N+]1[O-]. The van der Waals surface area contributed by atoms with E-state index in [9.17, 15) is 9.42 Å². The summed E-state index contributed by atoms with van der Waals surface area (Å²) in [5.41, 5.74) is 0.829. The van der Waals surface area contributed by atoms with Crippen molar-refractivity contribution in [3.8, 4) is 0 Å². The monoisotopic (exact) mass is 193 g/mol. The van der Waals surface area contributed by atoms with Crippen LogP contribution in [0.15, 0.2) is 35.2 Å². The molecular weight excluding hydrogens is 186 g/mol. The van der Waals surface area contributed by atoms with Gasteiger partial charge in [0.25, 0.3) is 0 Å². The van der Waals surface area contributed by atoms with Crippen LogP contribution in [0.4, 0.5) is 0 Å². The van der Waals surface area contributed by atoms with Crippen molar-refractivity contribution in [1.82, 2.24) is 0 Å². The molecule has 1 unspecified atom stereocenters. The van der Waals surface area contributed by atoms with Crippen LogP contribution in [0.25, 0.3) is 6.08 Å². The average molecular weight is 193 g/mol. The summed E-state index contributed by atoms with van der Waals surface area (Å²) in [6.45, 7) is 0. The molecule has 1 atom stereocenters. The fourth-order valence-corrected chi connectivity index (χ4v) is 2.05. The second-order valence-corrected chi connectivity index (χ2v) is 3.88. The van der Waals surface area contributed by atoms with Crippen molar-refractivity contribution < 1.29 is 8.35 Å². The quantitative estimate of drug-likeness (QED) is 0.460. The van der Waals surface area contributed by atoms with Crippen LogP contribution in [-0.4, -0.2) is 14.6 Å². The number of rotatable bonds is 0. The Labute approximate surface area is 78.2 Å². The zero-order chi connectivity index (χ0) is 9.26. The van der Waals surface area contributed by atoms with Gasteiger partial charge in [-0.25, -0.2) is 0 Å². The summed E-state index contributed by atoms with van der Waals surface area (Å²) in [7, 11) is -1.62. The fourth-order valence-electron chi connectivity index (χ4n) is 1.15. The van der Waals surface area contributed by atoms with E-state index in [1.54, 1.807) is 24.3 Å². The van der Waals surface area contributed by atoms with Gasteiger partial charge < -0.3 is 5.21 Å². The van der Waals surface area contributed by atoms with E-state index >= 15 is 0 Å². The normalized spacial score (nSPS) is 20.3. The van der Waals surface area contributed by atoms with Gasteiger partial charge in [-0.15, -0.1) is 4.14 Å². The van der Waals surface area contributed by atoms with Crippen molar-refractivity contribution in [3.63, 3.8) is 0 Å².